The smallest absolute Gasteiger partial charge is 0.253 e. The Morgan fingerprint density at radius 3 is 2.90 bits per heavy atom. The number of hydrogen-bond donors (Lipinski definition) is 1. The Kier molecular flexibility index (Phi) is 3.25. The molecule has 0 atom stereocenters. The number of aromatic nitrogens is 3. The molecule has 1 amide bonds. The van der Waals surface area contributed by atoms with E-state index < -0.39 is 5.54 Å². The van der Waals surface area contributed by atoms with Crippen molar-refractivity contribution in [1.82, 2.24) is 19.7 Å². The highest BCUT2D eigenvalue weighted by molar-refractivity contribution is 7.09. The fourth-order valence-corrected chi connectivity index (χ4v) is 2.98. The Labute approximate surface area is 126 Å². The molecule has 0 saturated carbocycles. The molecule has 0 fully saturated rings. The molecule has 0 saturated heterocycles. The van der Waals surface area contributed by atoms with Gasteiger partial charge >= 0.3 is 0 Å². The average molecular weight is 300 g/mol. The third-order valence-electron chi connectivity index (χ3n) is 3.23. The molecular formula is C15H16N4OS. The number of amides is 1. The van der Waals surface area contributed by atoms with Crippen molar-refractivity contribution in [3.05, 3.63) is 52.4 Å². The molecule has 108 valence electrons. The first kappa shape index (κ1) is 13.8. The number of hydrogen-bond acceptors (Lipinski definition) is 4. The summed E-state index contributed by atoms with van der Waals surface area (Å²) in [6.07, 6.45) is 5.31. The van der Waals surface area contributed by atoms with Crippen LogP contribution in [0.15, 0.2) is 36.1 Å². The Balaban J connectivity index is 1.84. The number of fused-ring (bicyclic) bond motifs is 1. The van der Waals surface area contributed by atoms with E-state index in [2.05, 4.69) is 15.3 Å². The lowest BCUT2D eigenvalue weighted by Crippen LogP contribution is -2.41. The van der Waals surface area contributed by atoms with Crippen LogP contribution in [-0.2, 0) is 5.54 Å². The van der Waals surface area contributed by atoms with Gasteiger partial charge in [0.2, 0.25) is 0 Å². The highest BCUT2D eigenvalue weighted by Gasteiger charge is 2.26. The number of aryl methyl sites for hydroxylation is 1. The van der Waals surface area contributed by atoms with Crippen LogP contribution in [0, 0.1) is 6.92 Å². The molecule has 3 heterocycles. The van der Waals surface area contributed by atoms with E-state index in [-0.39, 0.29) is 5.91 Å². The van der Waals surface area contributed by atoms with E-state index in [1.807, 2.05) is 42.8 Å². The molecule has 3 rings (SSSR count). The highest BCUT2D eigenvalue weighted by atomic mass is 32.1. The van der Waals surface area contributed by atoms with Gasteiger partial charge in [-0.3, -0.25) is 4.79 Å². The van der Waals surface area contributed by atoms with Gasteiger partial charge in [0.15, 0.2) is 0 Å². The second-order valence-electron chi connectivity index (χ2n) is 5.48. The summed E-state index contributed by atoms with van der Waals surface area (Å²) in [7, 11) is 0. The lowest BCUT2D eigenvalue weighted by atomic mass is 10.1. The van der Waals surface area contributed by atoms with Crippen molar-refractivity contribution in [1.29, 1.82) is 0 Å². The zero-order chi connectivity index (χ0) is 15.0. The first-order chi connectivity index (χ1) is 9.95. The van der Waals surface area contributed by atoms with Crippen molar-refractivity contribution in [3.8, 4) is 0 Å². The van der Waals surface area contributed by atoms with Gasteiger partial charge in [0.1, 0.15) is 10.7 Å². The fraction of sp³-hybridized carbons (Fsp3) is 0.267. The molecule has 0 spiro atoms. The Morgan fingerprint density at radius 1 is 1.38 bits per heavy atom. The second-order valence-corrected chi connectivity index (χ2v) is 6.34. The summed E-state index contributed by atoms with van der Waals surface area (Å²) < 4.78 is 1.83. The van der Waals surface area contributed by atoms with Gasteiger partial charge in [-0.25, -0.2) is 9.97 Å². The predicted molar refractivity (Wildman–Crippen MR) is 82.5 cm³/mol. The molecule has 0 aliphatic heterocycles. The third-order valence-corrected chi connectivity index (χ3v) is 4.51. The van der Waals surface area contributed by atoms with Crippen LogP contribution in [0.25, 0.3) is 5.65 Å². The number of imidazole rings is 1. The minimum absolute atomic E-state index is 0.122. The molecule has 0 radical (unpaired) electrons. The standard InChI is InChI=1S/C15H16N4OS/c1-10-9-21-14(17-10)15(2,3)18-13(20)11-4-5-12-16-6-7-19(12)8-11/h4-9H,1-3H3,(H,18,20). The second kappa shape index (κ2) is 4.96. The van der Waals surface area contributed by atoms with E-state index in [4.69, 9.17) is 0 Å². The molecule has 6 heteroatoms. The largest absolute Gasteiger partial charge is 0.341 e. The van der Waals surface area contributed by atoms with Crippen LogP contribution in [-0.4, -0.2) is 20.3 Å². The summed E-state index contributed by atoms with van der Waals surface area (Å²) in [6, 6.07) is 3.61. The summed E-state index contributed by atoms with van der Waals surface area (Å²) in [5, 5.41) is 5.92. The molecule has 0 aliphatic rings. The van der Waals surface area contributed by atoms with E-state index in [1.54, 1.807) is 29.8 Å². The van der Waals surface area contributed by atoms with E-state index in [9.17, 15) is 4.79 Å². The number of nitrogens with one attached hydrogen (secondary N) is 1. The van der Waals surface area contributed by atoms with E-state index >= 15 is 0 Å². The maximum Gasteiger partial charge on any atom is 0.253 e. The molecule has 0 aliphatic carbocycles. The Morgan fingerprint density at radius 2 is 2.19 bits per heavy atom. The van der Waals surface area contributed by atoms with Gasteiger partial charge < -0.3 is 9.72 Å². The lowest BCUT2D eigenvalue weighted by Gasteiger charge is -2.23. The Bertz CT molecular complexity index is 803. The lowest BCUT2D eigenvalue weighted by molar-refractivity contribution is 0.0911. The van der Waals surface area contributed by atoms with Crippen LogP contribution in [0.4, 0.5) is 0 Å². The van der Waals surface area contributed by atoms with Gasteiger partial charge in [0.25, 0.3) is 5.91 Å². The van der Waals surface area contributed by atoms with Crippen molar-refractivity contribution < 1.29 is 4.79 Å². The molecular weight excluding hydrogens is 284 g/mol. The van der Waals surface area contributed by atoms with Crippen molar-refractivity contribution in [2.24, 2.45) is 0 Å². The van der Waals surface area contributed by atoms with Crippen molar-refractivity contribution in [2.45, 2.75) is 26.3 Å². The summed E-state index contributed by atoms with van der Waals surface area (Å²) in [5.41, 5.74) is 1.89. The SMILES string of the molecule is Cc1csc(C(C)(C)NC(=O)c2ccc3nccn3c2)n1. The number of thiazole rings is 1. The number of nitrogens with zero attached hydrogens (tertiary/aromatic N) is 3. The number of carbonyl (C=O) groups is 1. The van der Waals surface area contributed by atoms with Crippen LogP contribution in [0.5, 0.6) is 0 Å². The minimum atomic E-state index is -0.500. The summed E-state index contributed by atoms with van der Waals surface area (Å²) in [4.78, 5) is 21.1. The van der Waals surface area contributed by atoms with Crippen molar-refractivity contribution in [2.75, 3.05) is 0 Å². The van der Waals surface area contributed by atoms with Gasteiger partial charge in [-0.15, -0.1) is 11.3 Å². The van der Waals surface area contributed by atoms with Crippen LogP contribution >= 0.6 is 11.3 Å². The van der Waals surface area contributed by atoms with Gasteiger partial charge in [0.05, 0.1) is 11.1 Å². The van der Waals surface area contributed by atoms with E-state index in [0.29, 0.717) is 5.56 Å². The number of pyridine rings is 1. The van der Waals surface area contributed by atoms with Gasteiger partial charge in [-0.1, -0.05) is 0 Å². The van der Waals surface area contributed by atoms with Crippen molar-refractivity contribution in [3.63, 3.8) is 0 Å². The minimum Gasteiger partial charge on any atom is -0.341 e. The molecule has 5 nitrogen and oxygen atoms in total. The predicted octanol–water partition coefficient (Wildman–Crippen LogP) is 2.76. The van der Waals surface area contributed by atoms with Crippen LogP contribution in [0.2, 0.25) is 0 Å². The maximum absolute atomic E-state index is 12.4. The van der Waals surface area contributed by atoms with Crippen LogP contribution < -0.4 is 5.32 Å². The Hall–Kier alpha value is -2.21. The summed E-state index contributed by atoms with van der Waals surface area (Å²) in [6.45, 7) is 5.86. The quantitative estimate of drug-likeness (QED) is 0.809. The zero-order valence-corrected chi connectivity index (χ0v) is 12.9. The van der Waals surface area contributed by atoms with Gasteiger partial charge in [-0.05, 0) is 32.9 Å². The molecule has 3 aromatic heterocycles. The van der Waals surface area contributed by atoms with Gasteiger partial charge in [0, 0.05) is 29.7 Å². The summed E-state index contributed by atoms with van der Waals surface area (Å²) in [5.74, 6) is -0.122. The average Bonchev–Trinajstić information content (AvgIpc) is 3.05. The third kappa shape index (κ3) is 2.67. The van der Waals surface area contributed by atoms with Crippen LogP contribution in [0.1, 0.15) is 34.9 Å². The monoisotopic (exact) mass is 300 g/mol. The molecule has 1 N–H and O–H groups in total. The number of rotatable bonds is 3. The zero-order valence-electron chi connectivity index (χ0n) is 12.1. The number of carbonyl (C=O) groups excluding carboxylic acids is 1. The topological polar surface area (TPSA) is 59.3 Å². The first-order valence-electron chi connectivity index (χ1n) is 6.63. The molecule has 0 aromatic carbocycles. The molecule has 0 unspecified atom stereocenters. The van der Waals surface area contributed by atoms with Crippen LogP contribution in [0.3, 0.4) is 0 Å². The van der Waals surface area contributed by atoms with E-state index in [0.717, 1.165) is 16.3 Å². The molecule has 21 heavy (non-hydrogen) atoms. The highest BCUT2D eigenvalue weighted by Crippen LogP contribution is 2.24. The normalized spacial score (nSPS) is 11.8. The van der Waals surface area contributed by atoms with Crippen molar-refractivity contribution >= 4 is 22.9 Å². The maximum atomic E-state index is 12.4. The van der Waals surface area contributed by atoms with Gasteiger partial charge in [-0.2, -0.15) is 0 Å². The molecule has 0 bridgehead atoms. The summed E-state index contributed by atoms with van der Waals surface area (Å²) >= 11 is 1.56. The fourth-order valence-electron chi connectivity index (χ4n) is 2.10. The molecule has 3 aromatic rings. The first-order valence-corrected chi connectivity index (χ1v) is 7.51. The van der Waals surface area contributed by atoms with E-state index in [1.165, 1.54) is 0 Å².